The first kappa shape index (κ1) is 11.0. The number of hydrogen-bond acceptors (Lipinski definition) is 1. The molecule has 18 heavy (non-hydrogen) atoms. The Bertz CT molecular complexity index is 474. The van der Waals surface area contributed by atoms with Gasteiger partial charge >= 0.3 is 0 Å². The van der Waals surface area contributed by atoms with Crippen LogP contribution in [0.15, 0.2) is 18.2 Å². The molecule has 1 aromatic carbocycles. The lowest BCUT2D eigenvalue weighted by atomic mass is 9.53. The second-order valence-corrected chi connectivity index (χ2v) is 6.68. The molecule has 1 saturated carbocycles. The molecule has 2 aliphatic carbocycles. The highest BCUT2D eigenvalue weighted by molar-refractivity contribution is 5.43. The van der Waals surface area contributed by atoms with E-state index in [2.05, 4.69) is 30.4 Å². The first-order valence-corrected chi connectivity index (χ1v) is 7.63. The van der Waals surface area contributed by atoms with Gasteiger partial charge in [0.2, 0.25) is 0 Å². The lowest BCUT2D eigenvalue weighted by molar-refractivity contribution is 0.0797. The zero-order valence-corrected chi connectivity index (χ0v) is 11.3. The third-order valence-electron chi connectivity index (χ3n) is 5.80. The predicted molar refractivity (Wildman–Crippen MR) is 74.9 cm³/mol. The van der Waals surface area contributed by atoms with Gasteiger partial charge in [-0.05, 0) is 56.2 Å². The number of rotatable bonds is 0. The Morgan fingerprint density at radius 3 is 3.11 bits per heavy atom. The molecule has 0 spiro atoms. The van der Waals surface area contributed by atoms with Crippen LogP contribution in [-0.2, 0) is 11.8 Å². The molecule has 1 nitrogen and oxygen atoms in total. The monoisotopic (exact) mass is 241 g/mol. The van der Waals surface area contributed by atoms with E-state index in [0.717, 1.165) is 12.0 Å². The van der Waals surface area contributed by atoms with Crippen LogP contribution in [0.5, 0.6) is 0 Å². The molecule has 1 heteroatoms. The van der Waals surface area contributed by atoms with Crippen molar-refractivity contribution in [1.29, 1.82) is 0 Å². The van der Waals surface area contributed by atoms with Crippen LogP contribution in [0.25, 0.3) is 0 Å². The molecule has 1 aromatic rings. The van der Waals surface area contributed by atoms with E-state index in [1.54, 1.807) is 11.1 Å². The number of nitrogens with one attached hydrogen (secondary N) is 1. The summed E-state index contributed by atoms with van der Waals surface area (Å²) in [5.74, 6) is 0.911. The molecule has 3 aliphatic rings. The van der Waals surface area contributed by atoms with Gasteiger partial charge in [-0.15, -0.1) is 0 Å². The Hall–Kier alpha value is -0.820. The summed E-state index contributed by atoms with van der Waals surface area (Å²) in [5, 5.41) is 3.80. The summed E-state index contributed by atoms with van der Waals surface area (Å²) in [6.45, 7) is 3.48. The van der Waals surface area contributed by atoms with Crippen molar-refractivity contribution in [2.45, 2.75) is 56.9 Å². The van der Waals surface area contributed by atoms with Crippen LogP contribution in [0.4, 0.5) is 0 Å². The second kappa shape index (κ2) is 3.84. The quantitative estimate of drug-likeness (QED) is 0.734. The molecular formula is C17H23N. The van der Waals surface area contributed by atoms with Crippen molar-refractivity contribution in [2.24, 2.45) is 5.92 Å². The van der Waals surface area contributed by atoms with E-state index in [1.807, 2.05) is 0 Å². The lowest BCUT2D eigenvalue weighted by Crippen LogP contribution is -2.59. The minimum atomic E-state index is 0.535. The zero-order chi connectivity index (χ0) is 12.2. The zero-order valence-electron chi connectivity index (χ0n) is 11.3. The Kier molecular flexibility index (Phi) is 2.35. The van der Waals surface area contributed by atoms with Gasteiger partial charge in [0.05, 0.1) is 0 Å². The van der Waals surface area contributed by atoms with Crippen molar-refractivity contribution in [3.63, 3.8) is 0 Å². The third kappa shape index (κ3) is 1.37. The van der Waals surface area contributed by atoms with E-state index in [-0.39, 0.29) is 0 Å². The maximum atomic E-state index is 3.80. The first-order valence-electron chi connectivity index (χ1n) is 7.63. The minimum absolute atomic E-state index is 0.535. The van der Waals surface area contributed by atoms with Crippen LogP contribution in [0.3, 0.4) is 0 Å². The van der Waals surface area contributed by atoms with E-state index in [1.165, 1.54) is 50.6 Å². The number of hydrogen-bond donors (Lipinski definition) is 1. The summed E-state index contributed by atoms with van der Waals surface area (Å²) < 4.78 is 0. The molecular weight excluding hydrogens is 218 g/mol. The van der Waals surface area contributed by atoms with Crippen LogP contribution in [-0.4, -0.2) is 12.6 Å². The van der Waals surface area contributed by atoms with Gasteiger partial charge in [0, 0.05) is 11.5 Å². The fourth-order valence-corrected chi connectivity index (χ4v) is 5.04. The van der Waals surface area contributed by atoms with E-state index < -0.39 is 0 Å². The molecule has 1 N–H and O–H groups in total. The van der Waals surface area contributed by atoms with Gasteiger partial charge < -0.3 is 5.32 Å². The van der Waals surface area contributed by atoms with Crippen LogP contribution < -0.4 is 5.32 Å². The van der Waals surface area contributed by atoms with Crippen molar-refractivity contribution >= 4 is 0 Å². The standard InChI is InChI=1S/C17H23N/c1-12-5-6-13-11-16-14-4-2-3-7-17(14,8-9-18-16)15(13)10-12/h5-6,10,14,16,18H,2-4,7-9,11H2,1H3/t14?,16-,17-/m1/s1. The smallest absolute Gasteiger partial charge is 0.0144 e. The average molecular weight is 241 g/mol. The Labute approximate surface area is 110 Å². The number of aryl methyl sites for hydroxylation is 1. The highest BCUT2D eigenvalue weighted by Gasteiger charge is 2.51. The third-order valence-corrected chi connectivity index (χ3v) is 5.80. The SMILES string of the molecule is Cc1ccc2c(c1)[C@@]13CCCCC1[C@@H](C2)NCC3. The molecule has 1 heterocycles. The molecule has 1 aliphatic heterocycles. The van der Waals surface area contributed by atoms with E-state index in [4.69, 9.17) is 0 Å². The van der Waals surface area contributed by atoms with Gasteiger partial charge in [0.15, 0.2) is 0 Å². The van der Waals surface area contributed by atoms with Crippen molar-refractivity contribution in [3.8, 4) is 0 Å². The summed E-state index contributed by atoms with van der Waals surface area (Å²) in [7, 11) is 0. The molecule has 2 fully saturated rings. The molecule has 96 valence electrons. The Morgan fingerprint density at radius 2 is 2.17 bits per heavy atom. The molecule has 4 rings (SSSR count). The summed E-state index contributed by atoms with van der Waals surface area (Å²) in [6, 6.07) is 7.97. The highest BCUT2D eigenvalue weighted by atomic mass is 15.0. The highest BCUT2D eigenvalue weighted by Crippen LogP contribution is 2.53. The van der Waals surface area contributed by atoms with Gasteiger partial charge in [-0.2, -0.15) is 0 Å². The average Bonchev–Trinajstić information content (AvgIpc) is 2.40. The molecule has 0 amide bonds. The predicted octanol–water partition coefficient (Wildman–Crippen LogP) is 3.34. The van der Waals surface area contributed by atoms with E-state index >= 15 is 0 Å². The molecule has 1 unspecified atom stereocenters. The lowest BCUT2D eigenvalue weighted by Gasteiger charge is -2.56. The van der Waals surface area contributed by atoms with Gasteiger partial charge in [-0.25, -0.2) is 0 Å². The van der Waals surface area contributed by atoms with Crippen molar-refractivity contribution in [1.82, 2.24) is 5.32 Å². The summed E-state index contributed by atoms with van der Waals surface area (Å²) in [5.41, 5.74) is 5.35. The number of fused-ring (bicyclic) bond motifs is 1. The largest absolute Gasteiger partial charge is 0.313 e. The van der Waals surface area contributed by atoms with Gasteiger partial charge in [-0.1, -0.05) is 36.6 Å². The van der Waals surface area contributed by atoms with Gasteiger partial charge in [-0.3, -0.25) is 0 Å². The number of benzene rings is 1. The van der Waals surface area contributed by atoms with Gasteiger partial charge in [0.1, 0.15) is 0 Å². The fourth-order valence-electron chi connectivity index (χ4n) is 5.04. The fraction of sp³-hybridized carbons (Fsp3) is 0.647. The maximum absolute atomic E-state index is 3.80. The molecule has 3 atom stereocenters. The van der Waals surface area contributed by atoms with E-state index in [0.29, 0.717) is 5.41 Å². The summed E-state index contributed by atoms with van der Waals surface area (Å²) in [4.78, 5) is 0. The van der Waals surface area contributed by atoms with Crippen LogP contribution in [0, 0.1) is 12.8 Å². The van der Waals surface area contributed by atoms with Crippen LogP contribution >= 0.6 is 0 Å². The van der Waals surface area contributed by atoms with Crippen LogP contribution in [0.2, 0.25) is 0 Å². The van der Waals surface area contributed by atoms with Crippen molar-refractivity contribution in [3.05, 3.63) is 34.9 Å². The normalized spacial score (nSPS) is 37.8. The minimum Gasteiger partial charge on any atom is -0.313 e. The Morgan fingerprint density at radius 1 is 1.22 bits per heavy atom. The van der Waals surface area contributed by atoms with E-state index in [9.17, 15) is 0 Å². The number of piperidine rings is 1. The molecule has 1 saturated heterocycles. The molecule has 0 aromatic heterocycles. The topological polar surface area (TPSA) is 12.0 Å². The first-order chi connectivity index (χ1) is 8.79. The second-order valence-electron chi connectivity index (χ2n) is 6.68. The van der Waals surface area contributed by atoms with Crippen molar-refractivity contribution in [2.75, 3.05) is 6.54 Å². The summed E-state index contributed by atoms with van der Waals surface area (Å²) >= 11 is 0. The molecule has 2 bridgehead atoms. The molecule has 0 radical (unpaired) electrons. The summed E-state index contributed by atoms with van der Waals surface area (Å²) in [6.07, 6.45) is 8.41. The van der Waals surface area contributed by atoms with Gasteiger partial charge in [0.25, 0.3) is 0 Å². The Balaban J connectivity index is 1.91. The van der Waals surface area contributed by atoms with Crippen molar-refractivity contribution < 1.29 is 0 Å². The maximum Gasteiger partial charge on any atom is 0.0144 e. The van der Waals surface area contributed by atoms with Crippen LogP contribution in [0.1, 0.15) is 48.8 Å².